The minimum atomic E-state index is -1.76. The van der Waals surface area contributed by atoms with Gasteiger partial charge in [0.1, 0.15) is 25.4 Å². The Balaban J connectivity index is 2.50. The van der Waals surface area contributed by atoms with E-state index in [1.54, 1.807) is 13.8 Å². The molecule has 40 heavy (non-hydrogen) atoms. The highest BCUT2D eigenvalue weighted by Crippen LogP contribution is 2.50. The predicted octanol–water partition coefficient (Wildman–Crippen LogP) is 1.88. The molecule has 1 aliphatic heterocycles. The van der Waals surface area contributed by atoms with Crippen molar-refractivity contribution in [1.82, 2.24) is 24.4 Å². The molecule has 226 valence electrons. The van der Waals surface area contributed by atoms with E-state index in [9.17, 15) is 14.4 Å². The van der Waals surface area contributed by atoms with Gasteiger partial charge in [0, 0.05) is 38.3 Å². The van der Waals surface area contributed by atoms with Crippen molar-refractivity contribution in [3.05, 3.63) is 44.0 Å². The summed E-state index contributed by atoms with van der Waals surface area (Å²) in [4.78, 5) is 45.2. The summed E-state index contributed by atoms with van der Waals surface area (Å²) in [5.41, 5.74) is -0.960. The minimum absolute atomic E-state index is 0.0188. The van der Waals surface area contributed by atoms with Crippen LogP contribution in [0.1, 0.15) is 54.2 Å². The average molecular weight is 586 g/mol. The van der Waals surface area contributed by atoms with Gasteiger partial charge in [-0.25, -0.2) is 16.0 Å². The maximum absolute atomic E-state index is 12.9. The highest BCUT2D eigenvalue weighted by Gasteiger charge is 2.49. The SMILES string of the molecule is [2H][C@@H](C)[C@H]1O[C@@H](n2cc(C)c(=O)[nH]c2=O)[C@H](OCC(=O)NCCN(C)C)[C@@H]1OP(OCC[N+]#[C-])N(C(C)C)C(C)C. The third kappa shape index (κ3) is 9.45. The normalized spacial score (nSPS) is 23.0. The first kappa shape index (κ1) is 32.3. The molecule has 2 N–H and O–H groups in total. The van der Waals surface area contributed by atoms with Gasteiger partial charge in [-0.3, -0.25) is 19.1 Å². The Morgan fingerprint density at radius 2 is 1.98 bits per heavy atom. The number of H-pyrrole nitrogens is 1. The Kier molecular flexibility index (Phi) is 13.2. The molecule has 1 aromatic heterocycles. The lowest BCUT2D eigenvalue weighted by Gasteiger charge is -2.38. The first-order valence-electron chi connectivity index (χ1n) is 14.0. The molecule has 0 bridgehead atoms. The number of nitrogens with one attached hydrogen (secondary N) is 2. The second-order valence-corrected chi connectivity index (χ2v) is 11.7. The van der Waals surface area contributed by atoms with Crippen molar-refractivity contribution in [3.63, 3.8) is 0 Å². The van der Waals surface area contributed by atoms with Crippen molar-refractivity contribution in [2.75, 3.05) is 46.9 Å². The lowest BCUT2D eigenvalue weighted by Crippen LogP contribution is -2.43. The maximum Gasteiger partial charge on any atom is 0.330 e. The quantitative estimate of drug-likeness (QED) is 0.170. The molecule has 1 amide bonds. The fourth-order valence-corrected chi connectivity index (χ4v) is 6.01. The molecule has 0 aliphatic carbocycles. The van der Waals surface area contributed by atoms with E-state index in [4.69, 9.17) is 26.5 Å². The smallest absolute Gasteiger partial charge is 0.330 e. The van der Waals surface area contributed by atoms with Crippen molar-refractivity contribution in [1.29, 1.82) is 0 Å². The van der Waals surface area contributed by atoms with E-state index in [1.807, 2.05) is 51.4 Å². The van der Waals surface area contributed by atoms with Crippen LogP contribution in [0.2, 0.25) is 0 Å². The molecular weight excluding hydrogens is 539 g/mol. The Labute approximate surface area is 239 Å². The van der Waals surface area contributed by atoms with Crippen LogP contribution in [0, 0.1) is 13.5 Å². The van der Waals surface area contributed by atoms with E-state index in [0.717, 1.165) is 0 Å². The van der Waals surface area contributed by atoms with Gasteiger partial charge in [0.2, 0.25) is 12.5 Å². The maximum atomic E-state index is 12.9. The number of hydrogen-bond donors (Lipinski definition) is 2. The van der Waals surface area contributed by atoms with Gasteiger partial charge in [-0.1, -0.05) is 6.92 Å². The Hall–Kier alpha value is -2.17. The molecule has 1 unspecified atom stereocenters. The minimum Gasteiger partial charge on any atom is -0.361 e. The third-order valence-electron chi connectivity index (χ3n) is 6.13. The summed E-state index contributed by atoms with van der Waals surface area (Å²) in [7, 11) is 2.03. The molecule has 6 atom stereocenters. The van der Waals surface area contributed by atoms with Crippen molar-refractivity contribution in [3.8, 4) is 0 Å². The van der Waals surface area contributed by atoms with Crippen LogP contribution < -0.4 is 16.6 Å². The number of amides is 1. The van der Waals surface area contributed by atoms with Crippen molar-refractivity contribution >= 4 is 14.4 Å². The molecule has 0 aromatic carbocycles. The predicted molar refractivity (Wildman–Crippen MR) is 153 cm³/mol. The molecule has 0 spiro atoms. The summed E-state index contributed by atoms with van der Waals surface area (Å²) >= 11 is 0. The Bertz CT molecular complexity index is 1130. The van der Waals surface area contributed by atoms with Crippen LogP contribution in [0.3, 0.4) is 0 Å². The summed E-state index contributed by atoms with van der Waals surface area (Å²) in [5, 5.41) is 2.80. The van der Waals surface area contributed by atoms with Crippen LogP contribution in [0.5, 0.6) is 0 Å². The fourth-order valence-electron chi connectivity index (χ4n) is 4.26. The van der Waals surface area contributed by atoms with Gasteiger partial charge in [0.25, 0.3) is 14.1 Å². The second kappa shape index (κ2) is 16.3. The van der Waals surface area contributed by atoms with Crippen LogP contribution in [0.4, 0.5) is 0 Å². The molecule has 0 saturated carbocycles. The summed E-state index contributed by atoms with van der Waals surface area (Å²) < 4.78 is 36.8. The Morgan fingerprint density at radius 3 is 2.55 bits per heavy atom. The molecule has 13 nitrogen and oxygen atoms in total. The van der Waals surface area contributed by atoms with Crippen LogP contribution in [-0.4, -0.2) is 102 Å². The van der Waals surface area contributed by atoms with Gasteiger partial charge in [0.15, 0.2) is 6.23 Å². The van der Waals surface area contributed by atoms with E-state index in [2.05, 4.69) is 15.1 Å². The zero-order valence-corrected chi connectivity index (χ0v) is 25.6. The lowest BCUT2D eigenvalue weighted by molar-refractivity contribution is -0.132. The van der Waals surface area contributed by atoms with Gasteiger partial charge in [0.05, 0.1) is 6.10 Å². The number of aromatic nitrogens is 2. The largest absolute Gasteiger partial charge is 0.361 e. The molecule has 1 aromatic rings. The van der Waals surface area contributed by atoms with E-state index < -0.39 is 50.7 Å². The molecule has 2 rings (SSSR count). The van der Waals surface area contributed by atoms with Crippen LogP contribution in [0.15, 0.2) is 15.8 Å². The fraction of sp³-hybridized carbons (Fsp3) is 0.769. The molecule has 2 heterocycles. The molecule has 14 heteroatoms. The third-order valence-corrected chi connectivity index (χ3v) is 8.25. The summed E-state index contributed by atoms with van der Waals surface area (Å²) in [6.07, 6.45) is -3.32. The van der Waals surface area contributed by atoms with E-state index in [-0.39, 0.29) is 43.3 Å². The second-order valence-electron chi connectivity index (χ2n) is 10.3. The Morgan fingerprint density at radius 1 is 1.30 bits per heavy atom. The monoisotopic (exact) mass is 585 g/mol. The number of aromatic amines is 1. The number of nitrogens with zero attached hydrogens (tertiary/aromatic N) is 4. The van der Waals surface area contributed by atoms with E-state index in [0.29, 0.717) is 13.1 Å². The molecule has 1 fully saturated rings. The number of ether oxygens (including phenoxy) is 2. The number of likely N-dealkylation sites (N-methyl/N-ethyl adjacent to an activating group) is 1. The van der Waals surface area contributed by atoms with Gasteiger partial charge in [-0.05, 0) is 55.1 Å². The first-order valence-corrected chi connectivity index (χ1v) is 14.6. The highest BCUT2D eigenvalue weighted by atomic mass is 31.2. The summed E-state index contributed by atoms with van der Waals surface area (Å²) in [6.45, 7) is 19.4. The number of rotatable bonds is 16. The summed E-state index contributed by atoms with van der Waals surface area (Å²) in [6, 6.07) is 0.0377. The van der Waals surface area contributed by atoms with Gasteiger partial charge in [-0.15, -0.1) is 0 Å². The van der Waals surface area contributed by atoms with Gasteiger partial charge >= 0.3 is 5.69 Å². The van der Waals surface area contributed by atoms with Crippen molar-refractivity contribution in [2.45, 2.75) is 84.6 Å². The number of carbonyl (C=O) groups is 1. The topological polar surface area (TPSA) is 132 Å². The van der Waals surface area contributed by atoms with E-state index >= 15 is 0 Å². The number of aryl methyl sites for hydroxylation is 1. The summed E-state index contributed by atoms with van der Waals surface area (Å²) in [5.74, 6) is -0.363. The molecular formula is C26H45N6O7P. The van der Waals surface area contributed by atoms with Gasteiger partial charge in [-0.2, -0.15) is 0 Å². The molecule has 1 saturated heterocycles. The zero-order valence-electron chi connectivity index (χ0n) is 25.7. The van der Waals surface area contributed by atoms with E-state index in [1.165, 1.54) is 10.8 Å². The van der Waals surface area contributed by atoms with Crippen molar-refractivity contribution in [2.24, 2.45) is 0 Å². The average Bonchev–Trinajstić information content (AvgIpc) is 3.22. The first-order chi connectivity index (χ1) is 19.3. The molecule has 1 aliphatic rings. The number of hydrogen-bond acceptors (Lipinski definition) is 9. The zero-order chi connectivity index (χ0) is 30.9. The van der Waals surface area contributed by atoms with Crippen LogP contribution in [0.25, 0.3) is 4.85 Å². The highest BCUT2D eigenvalue weighted by molar-refractivity contribution is 7.44. The van der Waals surface area contributed by atoms with Crippen LogP contribution >= 0.6 is 8.53 Å². The lowest BCUT2D eigenvalue weighted by atomic mass is 10.1. The number of carbonyl (C=O) groups excluding carboxylic acids is 1. The molecule has 0 radical (unpaired) electrons. The van der Waals surface area contributed by atoms with Crippen molar-refractivity contribution < 1.29 is 24.7 Å². The van der Waals surface area contributed by atoms with Gasteiger partial charge < -0.3 is 33.6 Å². The van der Waals surface area contributed by atoms with Crippen LogP contribution in [-0.2, 0) is 23.3 Å². The standard InChI is InChI=1S/C26H45N6O7P/c1-10-20-22(39-40(37-14-12-27-7)32(17(2)3)18(4)5)23(36-16-21(33)28-11-13-30(8)9)25(38-20)31-15-19(6)24(34)29-26(31)35/h15,17-18,20,22-23,25H,10-14,16H2,1-6,8-9H3,(H,28,33)(H,29,34,35)/t20-,22-,23-,25-,40?/m1/s1/i10D/t10-,20+,22+,23+,25+,40?/m0.